The van der Waals surface area contributed by atoms with Crippen molar-refractivity contribution < 1.29 is 4.74 Å². The maximum Gasteiger partial charge on any atom is 0.191 e. The largest absolute Gasteiger partial charge is 0.497 e. The molecule has 0 aliphatic carbocycles. The number of likely N-dealkylation sites (tertiary alicyclic amines) is 1. The predicted molar refractivity (Wildman–Crippen MR) is 144 cm³/mol. The van der Waals surface area contributed by atoms with E-state index >= 15 is 0 Å². The van der Waals surface area contributed by atoms with Crippen molar-refractivity contribution in [2.45, 2.75) is 32.7 Å². The molecule has 1 unspecified atom stereocenters. The number of hydrogen-bond acceptors (Lipinski definition) is 5. The Hall–Kier alpha value is -1.10. The molecule has 2 fully saturated rings. The van der Waals surface area contributed by atoms with Crippen molar-refractivity contribution in [1.82, 2.24) is 25.3 Å². The van der Waals surface area contributed by atoms with Gasteiger partial charge in [-0.3, -0.25) is 14.8 Å². The fraction of sp³-hybridized carbons (Fsp3) is 0.708. The van der Waals surface area contributed by atoms with Crippen molar-refractivity contribution in [2.75, 3.05) is 79.1 Å². The molecule has 0 amide bonds. The summed E-state index contributed by atoms with van der Waals surface area (Å²) in [6.45, 7) is 16.2. The summed E-state index contributed by atoms with van der Waals surface area (Å²) in [7, 11) is 1.72. The topological polar surface area (TPSA) is 55.4 Å². The van der Waals surface area contributed by atoms with Gasteiger partial charge in [-0.2, -0.15) is 0 Å². The van der Waals surface area contributed by atoms with Gasteiger partial charge in [-0.1, -0.05) is 19.1 Å². The second-order valence-corrected chi connectivity index (χ2v) is 8.45. The van der Waals surface area contributed by atoms with Crippen LogP contribution < -0.4 is 15.4 Å². The fourth-order valence-electron chi connectivity index (χ4n) is 4.49. The molecule has 2 heterocycles. The maximum absolute atomic E-state index is 5.34. The lowest BCUT2D eigenvalue weighted by Gasteiger charge is -2.34. The van der Waals surface area contributed by atoms with Gasteiger partial charge in [0.05, 0.1) is 19.7 Å². The van der Waals surface area contributed by atoms with E-state index in [0.29, 0.717) is 6.04 Å². The van der Waals surface area contributed by atoms with E-state index in [9.17, 15) is 0 Å². The number of guanidine groups is 1. The second-order valence-electron chi connectivity index (χ2n) is 8.45. The summed E-state index contributed by atoms with van der Waals surface area (Å²) in [6, 6.07) is 8.81. The van der Waals surface area contributed by atoms with Gasteiger partial charge in [-0.25, -0.2) is 0 Å². The molecule has 32 heavy (non-hydrogen) atoms. The van der Waals surface area contributed by atoms with E-state index in [2.05, 4.69) is 63.4 Å². The van der Waals surface area contributed by atoms with Gasteiger partial charge < -0.3 is 20.3 Å². The molecule has 0 radical (unpaired) electrons. The highest BCUT2D eigenvalue weighted by molar-refractivity contribution is 14.0. The van der Waals surface area contributed by atoms with Crippen LogP contribution in [0.1, 0.15) is 38.3 Å². The minimum atomic E-state index is 0. The molecule has 182 valence electrons. The fourth-order valence-corrected chi connectivity index (χ4v) is 4.49. The number of methoxy groups -OCH3 is 1. The molecule has 2 saturated heterocycles. The van der Waals surface area contributed by atoms with E-state index in [1.54, 1.807) is 7.11 Å². The Balaban J connectivity index is 0.00000363. The molecule has 2 N–H and O–H groups in total. The number of aliphatic imine (C=N–C) groups is 1. The molecule has 0 bridgehead atoms. The Bertz CT molecular complexity index is 657. The van der Waals surface area contributed by atoms with Gasteiger partial charge in [-0.05, 0) is 57.1 Å². The summed E-state index contributed by atoms with van der Waals surface area (Å²) in [4.78, 5) is 12.6. The first kappa shape index (κ1) is 27.1. The summed E-state index contributed by atoms with van der Waals surface area (Å²) < 4.78 is 5.34. The van der Waals surface area contributed by atoms with Crippen LogP contribution in [0.5, 0.6) is 5.75 Å². The summed E-state index contributed by atoms with van der Waals surface area (Å²) in [5.41, 5.74) is 1.32. The first-order chi connectivity index (χ1) is 15.2. The van der Waals surface area contributed by atoms with E-state index in [1.807, 2.05) is 0 Å². The first-order valence-corrected chi connectivity index (χ1v) is 12.1. The number of nitrogens with zero attached hydrogens (tertiary/aromatic N) is 4. The Morgan fingerprint density at radius 1 is 0.969 bits per heavy atom. The van der Waals surface area contributed by atoms with Crippen LogP contribution >= 0.6 is 24.0 Å². The minimum absolute atomic E-state index is 0. The second kappa shape index (κ2) is 14.9. The van der Waals surface area contributed by atoms with Crippen molar-refractivity contribution in [2.24, 2.45) is 4.99 Å². The maximum atomic E-state index is 5.34. The van der Waals surface area contributed by atoms with Gasteiger partial charge in [0.25, 0.3) is 0 Å². The zero-order valence-electron chi connectivity index (χ0n) is 20.2. The third kappa shape index (κ3) is 8.35. The quantitative estimate of drug-likeness (QED) is 0.262. The molecule has 0 aromatic heterocycles. The summed E-state index contributed by atoms with van der Waals surface area (Å²) in [5.74, 6) is 1.83. The number of ether oxygens (including phenoxy) is 1. The van der Waals surface area contributed by atoms with E-state index in [0.717, 1.165) is 70.6 Å². The number of nitrogens with one attached hydrogen (secondary N) is 2. The summed E-state index contributed by atoms with van der Waals surface area (Å²) >= 11 is 0. The first-order valence-electron chi connectivity index (χ1n) is 12.1. The monoisotopic (exact) mass is 558 g/mol. The van der Waals surface area contributed by atoms with Gasteiger partial charge in [-0.15, -0.1) is 24.0 Å². The number of likely N-dealkylation sites (N-methyl/N-ethyl adjacent to an activating group) is 1. The van der Waals surface area contributed by atoms with Crippen LogP contribution in [0, 0.1) is 0 Å². The van der Waals surface area contributed by atoms with Crippen LogP contribution in [0.3, 0.4) is 0 Å². The highest BCUT2D eigenvalue weighted by Gasteiger charge is 2.23. The summed E-state index contributed by atoms with van der Waals surface area (Å²) in [5, 5.41) is 6.98. The van der Waals surface area contributed by atoms with Crippen LogP contribution in [-0.2, 0) is 0 Å². The lowest BCUT2D eigenvalue weighted by molar-refractivity contribution is 0.139. The Morgan fingerprint density at radius 3 is 2.22 bits per heavy atom. The lowest BCUT2D eigenvalue weighted by atomic mass is 10.1. The molecule has 7 nitrogen and oxygen atoms in total. The van der Waals surface area contributed by atoms with E-state index in [-0.39, 0.29) is 24.0 Å². The average molecular weight is 559 g/mol. The number of halogens is 1. The lowest BCUT2D eigenvalue weighted by Crippen LogP contribution is -2.49. The smallest absolute Gasteiger partial charge is 0.191 e. The highest BCUT2D eigenvalue weighted by Crippen LogP contribution is 2.27. The van der Waals surface area contributed by atoms with Crippen molar-refractivity contribution in [3.8, 4) is 5.75 Å². The van der Waals surface area contributed by atoms with Crippen LogP contribution in [0.2, 0.25) is 0 Å². The molecule has 3 rings (SSSR count). The Kier molecular flexibility index (Phi) is 12.7. The third-order valence-electron chi connectivity index (χ3n) is 6.48. The van der Waals surface area contributed by atoms with Crippen molar-refractivity contribution in [3.05, 3.63) is 29.8 Å². The van der Waals surface area contributed by atoms with Gasteiger partial charge in [0, 0.05) is 45.8 Å². The average Bonchev–Trinajstić information content (AvgIpc) is 3.34. The van der Waals surface area contributed by atoms with Gasteiger partial charge in [0.15, 0.2) is 5.96 Å². The molecule has 8 heteroatoms. The molecular formula is C24H43IN6O. The standard InChI is InChI=1S/C24H42N6O.HI/c1-4-25-24(26-12-15-29-18-16-28(5-2)17-19-29)27-20-23(30-13-6-7-14-30)21-8-10-22(31-3)11-9-21;/h8-11,23H,4-7,12-20H2,1-3H3,(H2,25,26,27);1H. The highest BCUT2D eigenvalue weighted by atomic mass is 127. The van der Waals surface area contributed by atoms with E-state index < -0.39 is 0 Å². The summed E-state index contributed by atoms with van der Waals surface area (Å²) in [6.07, 6.45) is 2.56. The van der Waals surface area contributed by atoms with Crippen molar-refractivity contribution >= 4 is 29.9 Å². The van der Waals surface area contributed by atoms with Crippen molar-refractivity contribution in [3.63, 3.8) is 0 Å². The molecule has 2 aliphatic heterocycles. The minimum Gasteiger partial charge on any atom is -0.497 e. The van der Waals surface area contributed by atoms with Crippen LogP contribution in [0.25, 0.3) is 0 Å². The molecule has 0 saturated carbocycles. The number of hydrogen-bond donors (Lipinski definition) is 2. The van der Waals surface area contributed by atoms with Crippen molar-refractivity contribution in [1.29, 1.82) is 0 Å². The Morgan fingerprint density at radius 2 is 1.62 bits per heavy atom. The molecule has 1 aromatic rings. The van der Waals surface area contributed by atoms with Crippen LogP contribution in [0.4, 0.5) is 0 Å². The predicted octanol–water partition coefficient (Wildman–Crippen LogP) is 2.64. The Labute approximate surface area is 212 Å². The SMILES string of the molecule is CCNC(=NCC(c1ccc(OC)cc1)N1CCCC1)NCCN1CCN(CC)CC1.I. The number of benzene rings is 1. The molecule has 1 aromatic carbocycles. The third-order valence-corrected chi connectivity index (χ3v) is 6.48. The normalized spacial score (nSPS) is 19.4. The number of piperazine rings is 1. The molecule has 0 spiro atoms. The van der Waals surface area contributed by atoms with E-state index in [4.69, 9.17) is 9.73 Å². The van der Waals surface area contributed by atoms with Gasteiger partial charge in [0.2, 0.25) is 0 Å². The molecule has 2 aliphatic rings. The van der Waals surface area contributed by atoms with Gasteiger partial charge in [0.1, 0.15) is 5.75 Å². The van der Waals surface area contributed by atoms with Crippen LogP contribution in [-0.4, -0.2) is 99.8 Å². The number of rotatable bonds is 10. The van der Waals surface area contributed by atoms with Crippen LogP contribution in [0.15, 0.2) is 29.3 Å². The molecule has 1 atom stereocenters. The molecular weight excluding hydrogens is 515 g/mol. The zero-order valence-corrected chi connectivity index (χ0v) is 22.5. The zero-order chi connectivity index (χ0) is 21.9. The van der Waals surface area contributed by atoms with E-state index in [1.165, 1.54) is 31.5 Å². The van der Waals surface area contributed by atoms with Gasteiger partial charge >= 0.3 is 0 Å².